The largest absolute Gasteiger partial charge is 0.0622 e. The quantitative estimate of drug-likeness (QED) is 0.167. The maximum absolute atomic E-state index is 2.42. The number of hydrogen-bond donors (Lipinski definition) is 0. The zero-order valence-corrected chi connectivity index (χ0v) is 28.8. The van der Waals surface area contributed by atoms with Gasteiger partial charge in [-0.05, 0) is 117 Å². The molecule has 0 heteroatoms. The lowest BCUT2D eigenvalue weighted by atomic mass is 9.81. The van der Waals surface area contributed by atoms with E-state index in [4.69, 9.17) is 0 Å². The molecule has 51 heavy (non-hydrogen) atoms. The van der Waals surface area contributed by atoms with Crippen LogP contribution in [0.3, 0.4) is 0 Å². The first-order valence-electron chi connectivity index (χ1n) is 17.9. The fraction of sp³-hybridized carbons (Fsp3) is 0.0588. The lowest BCUT2D eigenvalue weighted by Gasteiger charge is -2.22. The maximum atomic E-state index is 2.42. The molecule has 9 aromatic carbocycles. The normalized spacial score (nSPS) is 13.1. The number of benzene rings is 9. The van der Waals surface area contributed by atoms with Crippen molar-refractivity contribution in [2.75, 3.05) is 0 Å². The minimum Gasteiger partial charge on any atom is -0.0622 e. The summed E-state index contributed by atoms with van der Waals surface area (Å²) >= 11 is 0. The van der Waals surface area contributed by atoms with E-state index in [1.165, 1.54) is 99.1 Å². The molecule has 0 spiro atoms. The Hall–Kier alpha value is -6.24. The van der Waals surface area contributed by atoms with E-state index in [0.29, 0.717) is 0 Å². The van der Waals surface area contributed by atoms with Crippen LogP contribution in [-0.2, 0) is 5.41 Å². The third-order valence-corrected chi connectivity index (χ3v) is 11.3. The molecule has 9 aromatic rings. The van der Waals surface area contributed by atoms with Gasteiger partial charge in [0.15, 0.2) is 0 Å². The van der Waals surface area contributed by atoms with Gasteiger partial charge in [0, 0.05) is 5.41 Å². The van der Waals surface area contributed by atoms with Crippen molar-refractivity contribution in [2.24, 2.45) is 0 Å². The Bertz CT molecular complexity index is 2760. The molecule has 1 aliphatic rings. The molecule has 0 saturated carbocycles. The summed E-state index contributed by atoms with van der Waals surface area (Å²) in [5.74, 6) is 0. The minimum absolute atomic E-state index is 0.0259. The van der Waals surface area contributed by atoms with Gasteiger partial charge in [-0.15, -0.1) is 0 Å². The molecule has 0 bridgehead atoms. The van der Waals surface area contributed by atoms with Crippen molar-refractivity contribution in [2.45, 2.75) is 19.3 Å². The topological polar surface area (TPSA) is 0 Å². The van der Waals surface area contributed by atoms with Crippen LogP contribution in [-0.4, -0.2) is 0 Å². The van der Waals surface area contributed by atoms with Crippen LogP contribution in [0.2, 0.25) is 0 Å². The highest BCUT2D eigenvalue weighted by Gasteiger charge is 2.35. The zero-order valence-electron chi connectivity index (χ0n) is 28.8. The third kappa shape index (κ3) is 4.60. The van der Waals surface area contributed by atoms with E-state index in [0.717, 1.165) is 0 Å². The van der Waals surface area contributed by atoms with Crippen molar-refractivity contribution >= 4 is 32.3 Å². The van der Waals surface area contributed by atoms with Crippen molar-refractivity contribution < 1.29 is 0 Å². The summed E-state index contributed by atoms with van der Waals surface area (Å²) in [6, 6.07) is 67.4. The Kier molecular flexibility index (Phi) is 6.63. The molecular weight excluding hydrogens is 613 g/mol. The molecular formula is C51H36. The van der Waals surface area contributed by atoms with Crippen LogP contribution in [0.1, 0.15) is 25.0 Å². The summed E-state index contributed by atoms with van der Waals surface area (Å²) in [5, 5.41) is 7.61. The first-order valence-corrected chi connectivity index (χ1v) is 17.9. The van der Waals surface area contributed by atoms with Crippen LogP contribution in [0.15, 0.2) is 182 Å². The number of rotatable bonds is 4. The lowest BCUT2D eigenvalue weighted by molar-refractivity contribution is 0.660. The van der Waals surface area contributed by atoms with E-state index < -0.39 is 0 Å². The Labute approximate surface area is 299 Å². The van der Waals surface area contributed by atoms with E-state index in [9.17, 15) is 0 Å². The van der Waals surface area contributed by atoms with Crippen LogP contribution >= 0.6 is 0 Å². The second kappa shape index (κ2) is 11.4. The van der Waals surface area contributed by atoms with E-state index in [1.54, 1.807) is 0 Å². The summed E-state index contributed by atoms with van der Waals surface area (Å²) in [7, 11) is 0. The van der Waals surface area contributed by atoms with Crippen LogP contribution in [0, 0.1) is 0 Å². The molecule has 0 fully saturated rings. The van der Waals surface area contributed by atoms with Crippen molar-refractivity contribution in [3.8, 4) is 55.6 Å². The summed E-state index contributed by atoms with van der Waals surface area (Å²) < 4.78 is 0. The molecule has 240 valence electrons. The highest BCUT2D eigenvalue weighted by atomic mass is 14.4. The summed E-state index contributed by atoms with van der Waals surface area (Å²) in [6.45, 7) is 4.71. The molecule has 0 aromatic heterocycles. The first kappa shape index (κ1) is 29.7. The monoisotopic (exact) mass is 648 g/mol. The molecule has 0 aliphatic heterocycles. The average Bonchev–Trinajstić information content (AvgIpc) is 3.42. The third-order valence-electron chi connectivity index (χ3n) is 11.3. The van der Waals surface area contributed by atoms with E-state index >= 15 is 0 Å². The fourth-order valence-corrected chi connectivity index (χ4v) is 8.77. The second-order valence-electron chi connectivity index (χ2n) is 14.5. The average molecular weight is 649 g/mol. The molecule has 1 aliphatic carbocycles. The van der Waals surface area contributed by atoms with Crippen LogP contribution in [0.5, 0.6) is 0 Å². The van der Waals surface area contributed by atoms with E-state index in [1.807, 2.05) is 0 Å². The van der Waals surface area contributed by atoms with E-state index in [-0.39, 0.29) is 5.41 Å². The Morgan fingerprint density at radius 2 is 0.804 bits per heavy atom. The first-order chi connectivity index (χ1) is 25.1. The van der Waals surface area contributed by atoms with Gasteiger partial charge in [-0.3, -0.25) is 0 Å². The molecule has 0 saturated heterocycles. The molecule has 0 unspecified atom stereocenters. The second-order valence-corrected chi connectivity index (χ2v) is 14.5. The fourth-order valence-electron chi connectivity index (χ4n) is 8.77. The van der Waals surface area contributed by atoms with Gasteiger partial charge in [0.2, 0.25) is 0 Å². The number of hydrogen-bond acceptors (Lipinski definition) is 0. The van der Waals surface area contributed by atoms with Crippen LogP contribution < -0.4 is 0 Å². The number of fused-ring (bicyclic) bond motifs is 6. The summed E-state index contributed by atoms with van der Waals surface area (Å²) in [4.78, 5) is 0. The Morgan fingerprint density at radius 3 is 1.53 bits per heavy atom. The smallest absolute Gasteiger partial charge is 0.0159 e. The molecule has 0 amide bonds. The van der Waals surface area contributed by atoms with Gasteiger partial charge in [0.05, 0.1) is 0 Å². The molecule has 0 radical (unpaired) electrons. The van der Waals surface area contributed by atoms with Gasteiger partial charge in [0.1, 0.15) is 0 Å². The molecule has 10 rings (SSSR count). The predicted octanol–water partition coefficient (Wildman–Crippen LogP) is 14.1. The maximum Gasteiger partial charge on any atom is 0.0159 e. The van der Waals surface area contributed by atoms with Crippen molar-refractivity contribution in [3.05, 3.63) is 193 Å². The highest BCUT2D eigenvalue weighted by molar-refractivity contribution is 6.23. The van der Waals surface area contributed by atoms with Crippen molar-refractivity contribution in [3.63, 3.8) is 0 Å². The standard InChI is InChI=1S/C51H36/c1-51(2)47-25-11-10-19-39(47)40-29-28-38(32-48(40)51)36-18-12-17-35(30-36)37-27-26-33-16-13-24-45(46(33)31-37)50-43-22-8-6-20-41(43)49(34-14-4-3-5-15-34)42-21-7-9-23-44(42)50/h3-32H,1-2H3. The van der Waals surface area contributed by atoms with Gasteiger partial charge in [0.25, 0.3) is 0 Å². The summed E-state index contributed by atoms with van der Waals surface area (Å²) in [5.41, 5.74) is 15.5. The van der Waals surface area contributed by atoms with Gasteiger partial charge in [-0.2, -0.15) is 0 Å². The van der Waals surface area contributed by atoms with Gasteiger partial charge in [-0.25, -0.2) is 0 Å². The predicted molar refractivity (Wildman–Crippen MR) is 218 cm³/mol. The minimum atomic E-state index is -0.0259. The van der Waals surface area contributed by atoms with Crippen LogP contribution in [0.25, 0.3) is 88.0 Å². The van der Waals surface area contributed by atoms with Gasteiger partial charge in [-0.1, -0.05) is 178 Å². The molecule has 0 heterocycles. The zero-order chi connectivity index (χ0) is 34.1. The van der Waals surface area contributed by atoms with Gasteiger partial charge < -0.3 is 0 Å². The Balaban J connectivity index is 1.13. The SMILES string of the molecule is CC1(C)c2ccccc2-c2ccc(-c3cccc(-c4ccc5cccc(-c6c7ccccc7c(-c7ccccc7)c7ccccc67)c5c4)c3)cc21. The lowest BCUT2D eigenvalue weighted by Crippen LogP contribution is -2.14. The Morgan fingerprint density at radius 1 is 0.294 bits per heavy atom. The van der Waals surface area contributed by atoms with Gasteiger partial charge >= 0.3 is 0 Å². The van der Waals surface area contributed by atoms with Crippen molar-refractivity contribution in [1.29, 1.82) is 0 Å². The van der Waals surface area contributed by atoms with Crippen LogP contribution in [0.4, 0.5) is 0 Å². The summed E-state index contributed by atoms with van der Waals surface area (Å²) in [6.07, 6.45) is 0. The molecule has 0 N–H and O–H groups in total. The van der Waals surface area contributed by atoms with Crippen molar-refractivity contribution in [1.82, 2.24) is 0 Å². The highest BCUT2D eigenvalue weighted by Crippen LogP contribution is 2.50. The molecule has 0 nitrogen and oxygen atoms in total. The molecule has 0 atom stereocenters. The van der Waals surface area contributed by atoms with E-state index in [2.05, 4.69) is 196 Å².